The van der Waals surface area contributed by atoms with E-state index < -0.39 is 15.9 Å². The highest BCUT2D eigenvalue weighted by Gasteiger charge is 2.34. The van der Waals surface area contributed by atoms with Crippen LogP contribution < -0.4 is 5.32 Å². The van der Waals surface area contributed by atoms with Gasteiger partial charge in [-0.15, -0.1) is 11.3 Å². The highest BCUT2D eigenvalue weighted by atomic mass is 32.2. The van der Waals surface area contributed by atoms with Gasteiger partial charge in [0.25, 0.3) is 10.0 Å². The summed E-state index contributed by atoms with van der Waals surface area (Å²) in [5, 5.41) is 6.84. The molecule has 9 nitrogen and oxygen atoms in total. The third-order valence-corrected chi connectivity index (χ3v) is 8.07. The molecule has 1 unspecified atom stereocenters. The van der Waals surface area contributed by atoms with Gasteiger partial charge in [0, 0.05) is 18.0 Å². The van der Waals surface area contributed by atoms with Crippen molar-refractivity contribution in [3.8, 4) is 5.82 Å². The van der Waals surface area contributed by atoms with E-state index in [1.54, 1.807) is 30.5 Å². The number of amides is 1. The minimum atomic E-state index is -3.57. The normalized spacial score (nSPS) is 17.9. The lowest BCUT2D eigenvalue weighted by Crippen LogP contribution is -2.43. The average Bonchev–Trinajstić information content (AvgIpc) is 3.41. The molecule has 1 aliphatic heterocycles. The van der Waals surface area contributed by atoms with Gasteiger partial charge in [0.1, 0.15) is 16.9 Å². The van der Waals surface area contributed by atoms with E-state index in [1.165, 1.54) is 33.0 Å². The Labute approximate surface area is 172 Å². The molecule has 0 aromatic carbocycles. The molecule has 0 bridgehead atoms. The fourth-order valence-corrected chi connectivity index (χ4v) is 6.18. The van der Waals surface area contributed by atoms with Crippen molar-refractivity contribution in [2.75, 3.05) is 18.4 Å². The van der Waals surface area contributed by atoms with Gasteiger partial charge in [-0.25, -0.2) is 23.1 Å². The Morgan fingerprint density at radius 2 is 2.14 bits per heavy atom. The third kappa shape index (κ3) is 4.21. The maximum atomic E-state index is 12.9. The quantitative estimate of drug-likeness (QED) is 0.661. The second-order valence-corrected chi connectivity index (χ2v) is 10.3. The molecule has 1 aliphatic rings. The first-order valence-corrected chi connectivity index (χ1v) is 11.4. The zero-order valence-corrected chi connectivity index (χ0v) is 17.4. The molecular formula is C18H20N6O3S2. The van der Waals surface area contributed by atoms with Crippen LogP contribution in [0.5, 0.6) is 0 Å². The number of aromatic nitrogens is 4. The Balaban J connectivity index is 1.42. The number of hydrogen-bond donors (Lipinski definition) is 1. The number of pyridine rings is 1. The lowest BCUT2D eigenvalue weighted by atomic mass is 9.99. The van der Waals surface area contributed by atoms with Crippen LogP contribution in [0.3, 0.4) is 0 Å². The second kappa shape index (κ2) is 8.01. The summed E-state index contributed by atoms with van der Waals surface area (Å²) < 4.78 is 29.0. The molecule has 1 amide bonds. The van der Waals surface area contributed by atoms with Crippen molar-refractivity contribution in [1.82, 2.24) is 24.1 Å². The molecule has 3 aromatic heterocycles. The van der Waals surface area contributed by atoms with Crippen molar-refractivity contribution in [3.63, 3.8) is 0 Å². The highest BCUT2D eigenvalue weighted by molar-refractivity contribution is 7.91. The minimum Gasteiger partial charge on any atom is -0.324 e. The number of sulfonamides is 1. The largest absolute Gasteiger partial charge is 0.324 e. The summed E-state index contributed by atoms with van der Waals surface area (Å²) >= 11 is 1.25. The molecule has 1 N–H and O–H groups in total. The molecule has 1 atom stereocenters. The van der Waals surface area contributed by atoms with Gasteiger partial charge in [-0.3, -0.25) is 4.79 Å². The van der Waals surface area contributed by atoms with E-state index in [2.05, 4.69) is 20.4 Å². The number of rotatable bonds is 5. The van der Waals surface area contributed by atoms with Crippen LogP contribution in [0, 0.1) is 12.8 Å². The molecule has 0 aliphatic carbocycles. The van der Waals surface area contributed by atoms with Gasteiger partial charge in [0.05, 0.1) is 17.8 Å². The van der Waals surface area contributed by atoms with Gasteiger partial charge in [-0.1, -0.05) is 0 Å². The molecule has 152 valence electrons. The van der Waals surface area contributed by atoms with Crippen LogP contribution in [0.1, 0.15) is 17.7 Å². The molecule has 1 fully saturated rings. The van der Waals surface area contributed by atoms with Crippen LogP contribution in [-0.2, 0) is 14.8 Å². The molecule has 3 aromatic rings. The van der Waals surface area contributed by atoms with Gasteiger partial charge in [-0.05, 0) is 44.0 Å². The van der Waals surface area contributed by atoms with Gasteiger partial charge < -0.3 is 5.32 Å². The molecule has 29 heavy (non-hydrogen) atoms. The van der Waals surface area contributed by atoms with Gasteiger partial charge >= 0.3 is 0 Å². The number of thiophene rings is 1. The van der Waals surface area contributed by atoms with Crippen LogP contribution in [0.2, 0.25) is 0 Å². The third-order valence-electron chi connectivity index (χ3n) is 4.73. The average molecular weight is 433 g/mol. The topological polar surface area (TPSA) is 110 Å². The standard InChI is InChI=1S/C18H20N6O3S2/c1-13-4-7-17(28-13)29(26,27)23-8-2-3-14(10-23)18(25)22-15-5-6-16(20-9-15)24-12-19-11-21-24/h4-7,9,11-12,14H,2-3,8,10H2,1H3,(H,22,25). The van der Waals surface area contributed by atoms with Crippen molar-refractivity contribution < 1.29 is 13.2 Å². The van der Waals surface area contributed by atoms with Crippen LogP contribution in [0.25, 0.3) is 5.82 Å². The first-order valence-electron chi connectivity index (χ1n) is 9.12. The molecule has 0 radical (unpaired) electrons. The predicted molar refractivity (Wildman–Crippen MR) is 108 cm³/mol. The molecule has 0 spiro atoms. The van der Waals surface area contributed by atoms with Crippen LogP contribution >= 0.6 is 11.3 Å². The Bertz CT molecular complexity index is 1090. The fourth-order valence-electron chi connectivity index (χ4n) is 3.22. The van der Waals surface area contributed by atoms with E-state index in [4.69, 9.17) is 0 Å². The smallest absolute Gasteiger partial charge is 0.252 e. The van der Waals surface area contributed by atoms with Crippen molar-refractivity contribution in [3.05, 3.63) is 48.0 Å². The lowest BCUT2D eigenvalue weighted by Gasteiger charge is -2.30. The summed E-state index contributed by atoms with van der Waals surface area (Å²) in [7, 11) is -3.57. The minimum absolute atomic E-state index is 0.176. The lowest BCUT2D eigenvalue weighted by molar-refractivity contribution is -0.120. The summed E-state index contributed by atoms with van der Waals surface area (Å²) in [6.45, 7) is 2.48. The number of nitrogens with one attached hydrogen (secondary N) is 1. The van der Waals surface area contributed by atoms with Crippen LogP contribution in [-0.4, -0.2) is 51.5 Å². The Morgan fingerprint density at radius 1 is 1.28 bits per heavy atom. The van der Waals surface area contributed by atoms with E-state index in [-0.39, 0.29) is 12.5 Å². The summed E-state index contributed by atoms with van der Waals surface area (Å²) in [4.78, 5) is 21.8. The van der Waals surface area contributed by atoms with E-state index >= 15 is 0 Å². The zero-order valence-electron chi connectivity index (χ0n) is 15.7. The molecule has 11 heteroatoms. The number of carbonyl (C=O) groups is 1. The van der Waals surface area contributed by atoms with E-state index in [0.29, 0.717) is 35.1 Å². The molecular weight excluding hydrogens is 412 g/mol. The van der Waals surface area contributed by atoms with E-state index in [1.807, 2.05) is 6.92 Å². The maximum absolute atomic E-state index is 12.9. The Hall–Kier alpha value is -2.63. The number of piperidine rings is 1. The first-order chi connectivity index (χ1) is 13.9. The summed E-state index contributed by atoms with van der Waals surface area (Å²) in [5.74, 6) is -0.0289. The van der Waals surface area contributed by atoms with Crippen molar-refractivity contribution in [2.24, 2.45) is 5.92 Å². The number of aryl methyl sites for hydroxylation is 1. The monoisotopic (exact) mass is 432 g/mol. The fraction of sp³-hybridized carbons (Fsp3) is 0.333. The van der Waals surface area contributed by atoms with Crippen molar-refractivity contribution in [2.45, 2.75) is 24.0 Å². The number of nitrogens with zero attached hydrogens (tertiary/aromatic N) is 5. The van der Waals surface area contributed by atoms with Crippen LogP contribution in [0.4, 0.5) is 5.69 Å². The van der Waals surface area contributed by atoms with E-state index in [9.17, 15) is 13.2 Å². The number of carbonyl (C=O) groups excluding carboxylic acids is 1. The number of anilines is 1. The van der Waals surface area contributed by atoms with E-state index in [0.717, 1.165) is 4.88 Å². The Kier molecular flexibility index (Phi) is 5.43. The zero-order chi connectivity index (χ0) is 20.4. The highest BCUT2D eigenvalue weighted by Crippen LogP contribution is 2.28. The predicted octanol–water partition coefficient (Wildman–Crippen LogP) is 2.07. The second-order valence-electron chi connectivity index (χ2n) is 6.80. The van der Waals surface area contributed by atoms with Crippen molar-refractivity contribution in [1.29, 1.82) is 0 Å². The Morgan fingerprint density at radius 3 is 2.79 bits per heavy atom. The van der Waals surface area contributed by atoms with Crippen LogP contribution in [0.15, 0.2) is 47.3 Å². The maximum Gasteiger partial charge on any atom is 0.252 e. The molecule has 4 rings (SSSR count). The molecule has 0 saturated carbocycles. The summed E-state index contributed by atoms with van der Waals surface area (Å²) in [5.41, 5.74) is 0.549. The first kappa shape index (κ1) is 19.7. The molecule has 4 heterocycles. The summed E-state index contributed by atoms with van der Waals surface area (Å²) in [6.07, 6.45) is 5.78. The van der Waals surface area contributed by atoms with Gasteiger partial charge in [0.2, 0.25) is 5.91 Å². The SMILES string of the molecule is Cc1ccc(S(=O)(=O)N2CCCC(C(=O)Nc3ccc(-n4cncn4)nc3)C2)s1. The van der Waals surface area contributed by atoms with Gasteiger partial charge in [0.15, 0.2) is 5.82 Å². The van der Waals surface area contributed by atoms with Gasteiger partial charge in [-0.2, -0.15) is 9.40 Å². The number of hydrogen-bond acceptors (Lipinski definition) is 7. The van der Waals surface area contributed by atoms with Crippen molar-refractivity contribution >= 4 is 33.0 Å². The molecule has 1 saturated heterocycles. The summed E-state index contributed by atoms with van der Waals surface area (Å²) in [6, 6.07) is 6.87.